The summed E-state index contributed by atoms with van der Waals surface area (Å²) in [5.74, 6) is 0.216. The van der Waals surface area contributed by atoms with Gasteiger partial charge in [-0.15, -0.1) is 0 Å². The zero-order chi connectivity index (χ0) is 13.2. The van der Waals surface area contributed by atoms with Crippen LogP contribution in [0, 0.1) is 0 Å². The van der Waals surface area contributed by atoms with Crippen LogP contribution in [0.5, 0.6) is 0 Å². The number of benzene rings is 1. The van der Waals surface area contributed by atoms with Crippen LogP contribution in [-0.2, 0) is 0 Å². The Hall–Kier alpha value is -1.15. The molecule has 1 unspecified atom stereocenters. The lowest BCUT2D eigenvalue weighted by molar-refractivity contribution is 0.0940. The predicted molar refractivity (Wildman–Crippen MR) is 77.0 cm³/mol. The molecule has 0 radical (unpaired) electrons. The van der Waals surface area contributed by atoms with E-state index in [0.717, 1.165) is 24.9 Å². The largest absolute Gasteiger partial charge is 0.307 e. The van der Waals surface area contributed by atoms with Gasteiger partial charge in [-0.2, -0.15) is 0 Å². The lowest BCUT2D eigenvalue weighted by Crippen LogP contribution is -2.36. The molecular weight excluding hydrogens is 222 g/mol. The molecule has 0 fully saturated rings. The molecule has 0 bridgehead atoms. The summed E-state index contributed by atoms with van der Waals surface area (Å²) >= 11 is 0. The summed E-state index contributed by atoms with van der Waals surface area (Å²) in [6.45, 7) is 5.21. The molecule has 1 rings (SSSR count). The minimum absolute atomic E-state index is 0.0333. The Labute approximate surface area is 111 Å². The van der Waals surface area contributed by atoms with Crippen LogP contribution in [0.2, 0.25) is 0 Å². The second kappa shape index (κ2) is 8.87. The summed E-state index contributed by atoms with van der Waals surface area (Å²) in [6, 6.07) is 9.53. The van der Waals surface area contributed by atoms with Gasteiger partial charge in [-0.25, -0.2) is 0 Å². The molecule has 0 amide bonds. The molecular formula is C16H25NO. The van der Waals surface area contributed by atoms with Crippen LogP contribution in [0.3, 0.4) is 0 Å². The van der Waals surface area contributed by atoms with Gasteiger partial charge in [-0.1, -0.05) is 63.4 Å². The third-order valence-corrected chi connectivity index (χ3v) is 3.20. The van der Waals surface area contributed by atoms with Crippen LogP contribution < -0.4 is 5.32 Å². The van der Waals surface area contributed by atoms with Crippen LogP contribution in [0.25, 0.3) is 0 Å². The first-order valence-corrected chi connectivity index (χ1v) is 7.12. The van der Waals surface area contributed by atoms with E-state index in [1.165, 1.54) is 19.3 Å². The minimum Gasteiger partial charge on any atom is -0.307 e. The second-order valence-electron chi connectivity index (χ2n) is 4.71. The van der Waals surface area contributed by atoms with E-state index in [9.17, 15) is 4.79 Å². The smallest absolute Gasteiger partial charge is 0.179 e. The Bertz CT molecular complexity index is 334. The topological polar surface area (TPSA) is 29.1 Å². The predicted octanol–water partition coefficient (Wildman–Crippen LogP) is 3.82. The molecule has 1 aromatic carbocycles. The van der Waals surface area contributed by atoms with E-state index in [0.29, 0.717) is 0 Å². The van der Waals surface area contributed by atoms with Crippen molar-refractivity contribution in [3.63, 3.8) is 0 Å². The van der Waals surface area contributed by atoms with Crippen molar-refractivity contribution >= 4 is 5.78 Å². The number of carbonyl (C=O) groups excluding carboxylic acids is 1. The zero-order valence-electron chi connectivity index (χ0n) is 11.6. The van der Waals surface area contributed by atoms with Crippen LogP contribution in [-0.4, -0.2) is 18.4 Å². The van der Waals surface area contributed by atoms with Crippen molar-refractivity contribution in [3.8, 4) is 0 Å². The van der Waals surface area contributed by atoms with Crippen molar-refractivity contribution in [1.29, 1.82) is 0 Å². The summed E-state index contributed by atoms with van der Waals surface area (Å²) < 4.78 is 0. The zero-order valence-corrected chi connectivity index (χ0v) is 11.6. The molecule has 0 aliphatic carbocycles. The number of unbranched alkanes of at least 4 members (excludes halogenated alkanes) is 3. The normalized spacial score (nSPS) is 12.3. The Morgan fingerprint density at radius 2 is 1.83 bits per heavy atom. The van der Waals surface area contributed by atoms with Gasteiger partial charge in [0.25, 0.3) is 0 Å². The standard InChI is InChI=1S/C16H25NO/c1-3-5-6-10-13-17-15(4-2)16(18)14-11-8-7-9-12-14/h7-9,11-12,15,17H,3-6,10,13H2,1-2H3. The number of ketones is 1. The average molecular weight is 247 g/mol. The second-order valence-corrected chi connectivity index (χ2v) is 4.71. The fourth-order valence-electron chi connectivity index (χ4n) is 2.05. The van der Waals surface area contributed by atoms with Crippen molar-refractivity contribution < 1.29 is 4.79 Å². The third-order valence-electron chi connectivity index (χ3n) is 3.20. The maximum absolute atomic E-state index is 12.2. The van der Waals surface area contributed by atoms with E-state index in [-0.39, 0.29) is 11.8 Å². The first-order valence-electron chi connectivity index (χ1n) is 7.12. The maximum Gasteiger partial charge on any atom is 0.179 e. The highest BCUT2D eigenvalue weighted by Gasteiger charge is 2.16. The van der Waals surface area contributed by atoms with Gasteiger partial charge in [0, 0.05) is 5.56 Å². The molecule has 0 aliphatic heterocycles. The Kier molecular flexibility index (Phi) is 7.35. The number of hydrogen-bond acceptors (Lipinski definition) is 2. The summed E-state index contributed by atoms with van der Waals surface area (Å²) in [6.07, 6.45) is 5.79. The molecule has 0 saturated carbocycles. The lowest BCUT2D eigenvalue weighted by atomic mass is 10.0. The summed E-state index contributed by atoms with van der Waals surface area (Å²) in [4.78, 5) is 12.2. The van der Waals surface area contributed by atoms with Gasteiger partial charge in [-0.3, -0.25) is 4.79 Å². The van der Waals surface area contributed by atoms with Crippen molar-refractivity contribution in [2.45, 2.75) is 52.0 Å². The Morgan fingerprint density at radius 3 is 2.44 bits per heavy atom. The summed E-state index contributed by atoms with van der Waals surface area (Å²) in [5, 5.41) is 3.38. The van der Waals surface area contributed by atoms with Gasteiger partial charge in [0.2, 0.25) is 0 Å². The molecule has 18 heavy (non-hydrogen) atoms. The number of rotatable bonds is 9. The number of nitrogens with one attached hydrogen (secondary N) is 1. The quantitative estimate of drug-likeness (QED) is 0.531. The van der Waals surface area contributed by atoms with Gasteiger partial charge in [0.05, 0.1) is 6.04 Å². The van der Waals surface area contributed by atoms with Crippen LogP contribution in [0.1, 0.15) is 56.3 Å². The SMILES string of the molecule is CCCCCCNC(CC)C(=O)c1ccccc1. The highest BCUT2D eigenvalue weighted by atomic mass is 16.1. The highest BCUT2D eigenvalue weighted by molar-refractivity contribution is 6.00. The third kappa shape index (κ3) is 5.01. The van der Waals surface area contributed by atoms with E-state index in [4.69, 9.17) is 0 Å². The van der Waals surface area contributed by atoms with Crippen molar-refractivity contribution in [2.75, 3.05) is 6.54 Å². The average Bonchev–Trinajstić information content (AvgIpc) is 2.43. The lowest BCUT2D eigenvalue weighted by Gasteiger charge is -2.15. The van der Waals surface area contributed by atoms with E-state index in [2.05, 4.69) is 19.2 Å². The molecule has 2 heteroatoms. The van der Waals surface area contributed by atoms with Gasteiger partial charge < -0.3 is 5.32 Å². The van der Waals surface area contributed by atoms with Crippen LogP contribution in [0.15, 0.2) is 30.3 Å². The Balaban J connectivity index is 2.39. The van der Waals surface area contributed by atoms with E-state index < -0.39 is 0 Å². The number of Topliss-reactive ketones (excluding diaryl/α,β-unsaturated/α-hetero) is 1. The molecule has 1 atom stereocenters. The fraction of sp³-hybridized carbons (Fsp3) is 0.562. The summed E-state index contributed by atoms with van der Waals surface area (Å²) in [7, 11) is 0. The monoisotopic (exact) mass is 247 g/mol. The first kappa shape index (κ1) is 14.9. The van der Waals surface area contributed by atoms with Crippen molar-refractivity contribution in [3.05, 3.63) is 35.9 Å². The van der Waals surface area contributed by atoms with Crippen molar-refractivity contribution in [2.24, 2.45) is 0 Å². The van der Waals surface area contributed by atoms with Crippen molar-refractivity contribution in [1.82, 2.24) is 5.32 Å². The fourth-order valence-corrected chi connectivity index (χ4v) is 2.05. The first-order chi connectivity index (χ1) is 8.79. The molecule has 100 valence electrons. The Morgan fingerprint density at radius 1 is 1.11 bits per heavy atom. The van der Waals surface area contributed by atoms with E-state index in [1.54, 1.807) is 0 Å². The van der Waals surface area contributed by atoms with Gasteiger partial charge in [-0.05, 0) is 19.4 Å². The summed E-state index contributed by atoms with van der Waals surface area (Å²) in [5.41, 5.74) is 0.811. The molecule has 0 heterocycles. The van der Waals surface area contributed by atoms with E-state index in [1.807, 2.05) is 30.3 Å². The van der Waals surface area contributed by atoms with Crippen LogP contribution in [0.4, 0.5) is 0 Å². The number of carbonyl (C=O) groups is 1. The maximum atomic E-state index is 12.2. The molecule has 1 aromatic rings. The molecule has 0 spiro atoms. The highest BCUT2D eigenvalue weighted by Crippen LogP contribution is 2.06. The molecule has 1 N–H and O–H groups in total. The van der Waals surface area contributed by atoms with Crippen LogP contribution >= 0.6 is 0 Å². The van der Waals surface area contributed by atoms with Gasteiger partial charge in [0.15, 0.2) is 5.78 Å². The molecule has 2 nitrogen and oxygen atoms in total. The van der Waals surface area contributed by atoms with E-state index >= 15 is 0 Å². The molecule has 0 aromatic heterocycles. The number of hydrogen-bond donors (Lipinski definition) is 1. The minimum atomic E-state index is -0.0333. The molecule has 0 aliphatic rings. The van der Waals surface area contributed by atoms with Gasteiger partial charge >= 0.3 is 0 Å². The molecule has 0 saturated heterocycles. The van der Waals surface area contributed by atoms with Gasteiger partial charge in [0.1, 0.15) is 0 Å².